The normalized spacial score (nSPS) is 16.7. The Morgan fingerprint density at radius 3 is 2.48 bits per heavy atom. The van der Waals surface area contributed by atoms with Gasteiger partial charge in [-0.05, 0) is 18.2 Å². The average molecular weight is 471 g/mol. The van der Waals surface area contributed by atoms with Crippen LogP contribution in [0.1, 0.15) is 17.7 Å². The molecular formula is C19H12F3NO6S2. The first-order valence-corrected chi connectivity index (χ1v) is 9.69. The minimum atomic E-state index is -4.60. The van der Waals surface area contributed by atoms with Crippen LogP contribution in [0.5, 0.6) is 0 Å². The summed E-state index contributed by atoms with van der Waals surface area (Å²) in [7, 11) is 0. The van der Waals surface area contributed by atoms with E-state index in [0.717, 1.165) is 17.8 Å². The lowest BCUT2D eigenvalue weighted by molar-refractivity contribution is -0.150. The molecule has 0 radical (unpaired) electrons. The molecule has 0 bridgehead atoms. The molecular weight excluding hydrogens is 459 g/mol. The van der Waals surface area contributed by atoms with Crippen molar-refractivity contribution >= 4 is 52.2 Å². The van der Waals surface area contributed by atoms with Crippen molar-refractivity contribution < 1.29 is 42.2 Å². The van der Waals surface area contributed by atoms with Gasteiger partial charge in [-0.3, -0.25) is 14.5 Å². The molecule has 0 aliphatic carbocycles. The highest BCUT2D eigenvalue weighted by molar-refractivity contribution is 8.26. The van der Waals surface area contributed by atoms with Crippen LogP contribution in [0, 0.1) is 0 Å². The van der Waals surface area contributed by atoms with E-state index < -0.39 is 42.0 Å². The van der Waals surface area contributed by atoms with Crippen molar-refractivity contribution in [2.24, 2.45) is 0 Å². The molecule has 12 heteroatoms. The number of rotatable bonds is 6. The average Bonchev–Trinajstić information content (AvgIpc) is 3.24. The lowest BCUT2D eigenvalue weighted by atomic mass is 10.1. The zero-order valence-corrected chi connectivity index (χ0v) is 16.9. The van der Waals surface area contributed by atoms with Gasteiger partial charge >= 0.3 is 18.1 Å². The van der Waals surface area contributed by atoms with Gasteiger partial charge in [0.05, 0.1) is 16.9 Å². The second kappa shape index (κ2) is 8.55. The van der Waals surface area contributed by atoms with Crippen LogP contribution in [0.25, 0.3) is 17.4 Å². The summed E-state index contributed by atoms with van der Waals surface area (Å²) < 4.78 is 45.0. The van der Waals surface area contributed by atoms with Crippen molar-refractivity contribution in [3.63, 3.8) is 0 Å². The molecule has 1 aromatic carbocycles. The van der Waals surface area contributed by atoms with E-state index in [0.29, 0.717) is 4.90 Å². The van der Waals surface area contributed by atoms with Gasteiger partial charge in [0, 0.05) is 11.6 Å². The predicted octanol–water partition coefficient (Wildman–Crippen LogP) is 4.09. The number of benzene rings is 1. The lowest BCUT2D eigenvalue weighted by Gasteiger charge is -2.21. The molecule has 0 unspecified atom stereocenters. The van der Waals surface area contributed by atoms with Crippen LogP contribution in [0.4, 0.5) is 13.2 Å². The summed E-state index contributed by atoms with van der Waals surface area (Å²) in [5.74, 6) is -3.84. The fourth-order valence-corrected chi connectivity index (χ4v) is 4.19. The predicted molar refractivity (Wildman–Crippen MR) is 108 cm³/mol. The fraction of sp³-hybridized carbons (Fsp3) is 0.158. The topological polar surface area (TPSA) is 108 Å². The number of furan rings is 1. The van der Waals surface area contributed by atoms with E-state index in [-0.39, 0.29) is 26.3 Å². The van der Waals surface area contributed by atoms with E-state index in [1.165, 1.54) is 36.4 Å². The van der Waals surface area contributed by atoms with Crippen LogP contribution in [0.15, 0.2) is 45.7 Å². The molecule has 7 nitrogen and oxygen atoms in total. The van der Waals surface area contributed by atoms with Crippen molar-refractivity contribution in [1.82, 2.24) is 4.90 Å². The van der Waals surface area contributed by atoms with E-state index in [1.807, 2.05) is 0 Å². The van der Waals surface area contributed by atoms with Crippen LogP contribution in [0.2, 0.25) is 0 Å². The zero-order chi connectivity index (χ0) is 22.9. The molecule has 0 saturated carbocycles. The largest absolute Gasteiger partial charge is 0.481 e. The molecule has 1 amide bonds. The molecule has 162 valence electrons. The van der Waals surface area contributed by atoms with Gasteiger partial charge in [-0.15, -0.1) is 0 Å². The molecule has 1 fully saturated rings. The van der Waals surface area contributed by atoms with Crippen molar-refractivity contribution in [3.8, 4) is 11.3 Å². The van der Waals surface area contributed by atoms with E-state index >= 15 is 0 Å². The van der Waals surface area contributed by atoms with E-state index in [1.54, 1.807) is 0 Å². The zero-order valence-electron chi connectivity index (χ0n) is 15.3. The maximum absolute atomic E-state index is 13.2. The summed E-state index contributed by atoms with van der Waals surface area (Å²) >= 11 is 5.75. The van der Waals surface area contributed by atoms with Crippen LogP contribution >= 0.6 is 24.0 Å². The number of halogens is 3. The van der Waals surface area contributed by atoms with Crippen LogP contribution < -0.4 is 0 Å². The number of amides is 1. The molecule has 2 aromatic rings. The molecule has 1 atom stereocenters. The standard InChI is InChI=1S/C19H12F3NO6S2/c20-19(21,22)11-4-2-1-3-10(11)13-6-5-9(29-13)7-14-16(26)23(18(30)31-14)12(17(27)28)8-15(24)25/h1-7,12H,8H2,(H,24,25)(H,27,28)/b14-7-/t12-/m0/s1. The Morgan fingerprint density at radius 2 is 1.87 bits per heavy atom. The Kier molecular flexibility index (Phi) is 6.23. The monoisotopic (exact) mass is 471 g/mol. The molecule has 3 rings (SSSR count). The number of carboxylic acids is 2. The molecule has 0 spiro atoms. The minimum absolute atomic E-state index is 0.0394. The highest BCUT2D eigenvalue weighted by atomic mass is 32.2. The van der Waals surface area contributed by atoms with Crippen molar-refractivity contribution in [3.05, 3.63) is 52.6 Å². The molecule has 1 aliphatic heterocycles. The van der Waals surface area contributed by atoms with Crippen molar-refractivity contribution in [2.45, 2.75) is 18.6 Å². The number of carboxylic acid groups (broad SMARTS) is 2. The Labute approximate surface area is 182 Å². The third-order valence-electron chi connectivity index (χ3n) is 4.19. The summed E-state index contributed by atoms with van der Waals surface area (Å²) in [6.45, 7) is 0. The SMILES string of the molecule is O=C(O)C[C@@H](C(=O)O)N1C(=O)/C(=C/c2ccc(-c3ccccc3C(F)(F)F)o2)SC1=S. The van der Waals surface area contributed by atoms with E-state index in [9.17, 15) is 32.7 Å². The highest BCUT2D eigenvalue weighted by Crippen LogP contribution is 2.39. The van der Waals surface area contributed by atoms with E-state index in [4.69, 9.17) is 21.7 Å². The van der Waals surface area contributed by atoms with Crippen LogP contribution in [0.3, 0.4) is 0 Å². The Balaban J connectivity index is 1.91. The molecule has 31 heavy (non-hydrogen) atoms. The molecule has 1 aliphatic rings. The maximum Gasteiger partial charge on any atom is 0.417 e. The Morgan fingerprint density at radius 1 is 1.19 bits per heavy atom. The van der Waals surface area contributed by atoms with Gasteiger partial charge in [0.2, 0.25) is 0 Å². The number of thioether (sulfide) groups is 1. The Hall–Kier alpha value is -3.12. The number of carbonyl (C=O) groups excluding carboxylic acids is 1. The second-order valence-corrected chi connectivity index (χ2v) is 7.92. The van der Waals surface area contributed by atoms with Crippen LogP contribution in [-0.2, 0) is 20.6 Å². The maximum atomic E-state index is 13.2. The number of aliphatic carboxylic acids is 2. The van der Waals surface area contributed by atoms with Gasteiger partial charge in [0.15, 0.2) is 0 Å². The number of hydrogen-bond acceptors (Lipinski definition) is 6. The molecule has 2 N–H and O–H groups in total. The van der Waals surface area contributed by atoms with Gasteiger partial charge < -0.3 is 14.6 Å². The van der Waals surface area contributed by atoms with E-state index in [2.05, 4.69) is 0 Å². The summed E-state index contributed by atoms with van der Waals surface area (Å²) in [5.41, 5.74) is -1.07. The third-order valence-corrected chi connectivity index (χ3v) is 5.52. The number of carbonyl (C=O) groups is 3. The van der Waals surface area contributed by atoms with Gasteiger partial charge in [-0.1, -0.05) is 42.2 Å². The fourth-order valence-electron chi connectivity index (χ4n) is 2.85. The summed E-state index contributed by atoms with van der Waals surface area (Å²) in [5, 5.41) is 18.2. The Bertz CT molecular complexity index is 1110. The van der Waals surface area contributed by atoms with Crippen molar-refractivity contribution in [1.29, 1.82) is 0 Å². The van der Waals surface area contributed by atoms with Crippen LogP contribution in [-0.4, -0.2) is 43.3 Å². The first-order chi connectivity index (χ1) is 14.5. The van der Waals surface area contributed by atoms with Gasteiger partial charge in [0.25, 0.3) is 5.91 Å². The highest BCUT2D eigenvalue weighted by Gasteiger charge is 2.41. The third kappa shape index (κ3) is 4.80. The number of hydrogen-bond donors (Lipinski definition) is 2. The first kappa shape index (κ1) is 22.6. The number of thiocarbonyl (C=S) groups is 1. The smallest absolute Gasteiger partial charge is 0.417 e. The number of alkyl halides is 3. The quantitative estimate of drug-likeness (QED) is 0.479. The minimum Gasteiger partial charge on any atom is -0.481 e. The molecule has 2 heterocycles. The lowest BCUT2D eigenvalue weighted by Crippen LogP contribution is -2.45. The summed E-state index contributed by atoms with van der Waals surface area (Å²) in [4.78, 5) is 35.6. The molecule has 1 aromatic heterocycles. The molecule has 1 saturated heterocycles. The first-order valence-electron chi connectivity index (χ1n) is 8.47. The number of nitrogens with zero attached hydrogens (tertiary/aromatic N) is 1. The summed E-state index contributed by atoms with van der Waals surface area (Å²) in [6, 6.07) is 5.79. The van der Waals surface area contributed by atoms with Gasteiger partial charge in [-0.2, -0.15) is 13.2 Å². The second-order valence-electron chi connectivity index (χ2n) is 6.25. The summed E-state index contributed by atoms with van der Waals surface area (Å²) in [6.07, 6.45) is -4.24. The van der Waals surface area contributed by atoms with Crippen molar-refractivity contribution in [2.75, 3.05) is 0 Å². The van der Waals surface area contributed by atoms with Gasteiger partial charge in [0.1, 0.15) is 21.9 Å². The van der Waals surface area contributed by atoms with Gasteiger partial charge in [-0.25, -0.2) is 4.79 Å².